The molecule has 116 valence electrons. The number of piperidine rings is 1. The van der Waals surface area contributed by atoms with Crippen molar-refractivity contribution < 1.29 is 13.5 Å². The van der Waals surface area contributed by atoms with Gasteiger partial charge in [0.1, 0.15) is 11.6 Å². The summed E-state index contributed by atoms with van der Waals surface area (Å²) in [5.41, 5.74) is 0.872. The quantitative estimate of drug-likeness (QED) is 0.909. The molecule has 0 aromatic heterocycles. The van der Waals surface area contributed by atoms with Crippen LogP contribution in [0.1, 0.15) is 18.4 Å². The lowest BCUT2D eigenvalue weighted by atomic mass is 9.90. The lowest BCUT2D eigenvalue weighted by Crippen LogP contribution is -2.28. The summed E-state index contributed by atoms with van der Waals surface area (Å²) in [6, 6.07) is 10.6. The van der Waals surface area contributed by atoms with E-state index in [-0.39, 0.29) is 17.4 Å². The van der Waals surface area contributed by atoms with Gasteiger partial charge in [0, 0.05) is 0 Å². The Labute approximate surface area is 129 Å². The molecule has 1 aliphatic heterocycles. The van der Waals surface area contributed by atoms with Crippen molar-refractivity contribution >= 4 is 0 Å². The van der Waals surface area contributed by atoms with Crippen LogP contribution in [0.15, 0.2) is 42.5 Å². The van der Waals surface area contributed by atoms with E-state index in [1.807, 2.05) is 6.07 Å². The van der Waals surface area contributed by atoms with Crippen LogP contribution < -0.4 is 10.1 Å². The Morgan fingerprint density at radius 3 is 2.45 bits per heavy atom. The maximum Gasteiger partial charge on any atom is 0.166 e. The maximum atomic E-state index is 14.2. The molecule has 0 atom stereocenters. The molecule has 1 heterocycles. The van der Waals surface area contributed by atoms with Crippen LogP contribution >= 0.6 is 0 Å². The Morgan fingerprint density at radius 1 is 1.00 bits per heavy atom. The average Bonchev–Trinajstić information content (AvgIpc) is 2.54. The molecule has 1 aliphatic rings. The number of para-hydroxylation sites is 1. The van der Waals surface area contributed by atoms with Gasteiger partial charge < -0.3 is 10.1 Å². The van der Waals surface area contributed by atoms with Gasteiger partial charge in [-0.2, -0.15) is 0 Å². The van der Waals surface area contributed by atoms with Gasteiger partial charge in [0.15, 0.2) is 11.6 Å². The van der Waals surface area contributed by atoms with E-state index in [9.17, 15) is 8.78 Å². The second-order valence-electron chi connectivity index (χ2n) is 5.68. The van der Waals surface area contributed by atoms with Gasteiger partial charge in [-0.1, -0.05) is 12.1 Å². The zero-order valence-electron chi connectivity index (χ0n) is 12.3. The maximum absolute atomic E-state index is 14.2. The van der Waals surface area contributed by atoms with Crippen molar-refractivity contribution in [2.45, 2.75) is 19.3 Å². The van der Waals surface area contributed by atoms with E-state index in [4.69, 9.17) is 4.74 Å². The minimum absolute atomic E-state index is 0.257. The summed E-state index contributed by atoms with van der Waals surface area (Å²) >= 11 is 0. The van der Waals surface area contributed by atoms with Gasteiger partial charge in [-0.05, 0) is 74.2 Å². The van der Waals surface area contributed by atoms with Crippen molar-refractivity contribution in [3.63, 3.8) is 0 Å². The third-order valence-electron chi connectivity index (χ3n) is 4.05. The highest BCUT2D eigenvalue weighted by atomic mass is 19.1. The summed E-state index contributed by atoms with van der Waals surface area (Å²) in [5, 5.41) is 3.33. The van der Waals surface area contributed by atoms with Gasteiger partial charge in [0.2, 0.25) is 0 Å². The molecule has 22 heavy (non-hydrogen) atoms. The topological polar surface area (TPSA) is 21.3 Å². The van der Waals surface area contributed by atoms with Crippen LogP contribution in [-0.2, 0) is 6.42 Å². The molecular weight excluding hydrogens is 284 g/mol. The zero-order chi connectivity index (χ0) is 15.4. The van der Waals surface area contributed by atoms with E-state index in [1.54, 1.807) is 6.07 Å². The molecule has 0 radical (unpaired) electrons. The Morgan fingerprint density at radius 2 is 1.73 bits per heavy atom. The highest BCUT2D eigenvalue weighted by molar-refractivity contribution is 5.39. The predicted octanol–water partition coefficient (Wildman–Crippen LogP) is 4.30. The molecule has 0 spiro atoms. The molecule has 4 heteroatoms. The first kappa shape index (κ1) is 15.0. The summed E-state index contributed by atoms with van der Waals surface area (Å²) in [6.07, 6.45) is 2.98. The van der Waals surface area contributed by atoms with Crippen molar-refractivity contribution in [2.24, 2.45) is 5.92 Å². The fourth-order valence-corrected chi connectivity index (χ4v) is 2.85. The van der Waals surface area contributed by atoms with Gasteiger partial charge in [-0.15, -0.1) is 0 Å². The first-order valence-corrected chi connectivity index (χ1v) is 7.64. The van der Waals surface area contributed by atoms with Gasteiger partial charge >= 0.3 is 0 Å². The first-order valence-electron chi connectivity index (χ1n) is 7.64. The van der Waals surface area contributed by atoms with Crippen molar-refractivity contribution in [3.05, 3.63) is 59.7 Å². The molecule has 1 N–H and O–H groups in total. The van der Waals surface area contributed by atoms with Crippen LogP contribution in [0.4, 0.5) is 8.78 Å². The Bertz CT molecular complexity index is 621. The molecular formula is C18H19F2NO. The molecule has 3 rings (SSSR count). The number of ether oxygens (including phenoxy) is 1. The van der Waals surface area contributed by atoms with E-state index >= 15 is 0 Å². The second-order valence-corrected chi connectivity index (χ2v) is 5.68. The highest BCUT2D eigenvalue weighted by Gasteiger charge is 2.18. The van der Waals surface area contributed by atoms with E-state index in [1.165, 1.54) is 30.3 Å². The predicted molar refractivity (Wildman–Crippen MR) is 82.2 cm³/mol. The summed E-state index contributed by atoms with van der Waals surface area (Å²) < 4.78 is 32.8. The lowest BCUT2D eigenvalue weighted by Gasteiger charge is -2.23. The van der Waals surface area contributed by atoms with Crippen LogP contribution in [0.2, 0.25) is 0 Å². The fraction of sp³-hybridized carbons (Fsp3) is 0.333. The zero-order valence-corrected chi connectivity index (χ0v) is 12.3. The number of hydrogen-bond acceptors (Lipinski definition) is 2. The standard InChI is InChI=1S/C18H19F2NO/c19-15-4-6-16(7-5-15)22-18-14(2-1-3-17(18)20)12-13-8-10-21-11-9-13/h1-7,13,21H,8-12H2. The summed E-state index contributed by atoms with van der Waals surface area (Å²) in [7, 11) is 0. The van der Waals surface area contributed by atoms with E-state index < -0.39 is 0 Å². The van der Waals surface area contributed by atoms with Gasteiger partial charge in [-0.25, -0.2) is 8.78 Å². The highest BCUT2D eigenvalue weighted by Crippen LogP contribution is 2.31. The number of nitrogens with one attached hydrogen (secondary N) is 1. The summed E-state index contributed by atoms with van der Waals surface area (Å²) in [6.45, 7) is 2.02. The Kier molecular flexibility index (Phi) is 4.68. The fourth-order valence-electron chi connectivity index (χ4n) is 2.85. The van der Waals surface area contributed by atoms with Crippen molar-refractivity contribution in [1.29, 1.82) is 0 Å². The molecule has 0 amide bonds. The second kappa shape index (κ2) is 6.88. The number of halogens is 2. The summed E-state index contributed by atoms with van der Waals surface area (Å²) in [4.78, 5) is 0. The van der Waals surface area contributed by atoms with Crippen LogP contribution in [0.5, 0.6) is 11.5 Å². The molecule has 0 saturated carbocycles. The molecule has 0 aliphatic carbocycles. The molecule has 0 unspecified atom stereocenters. The molecule has 1 fully saturated rings. The van der Waals surface area contributed by atoms with Gasteiger partial charge in [0.05, 0.1) is 0 Å². The smallest absolute Gasteiger partial charge is 0.166 e. The minimum Gasteiger partial charge on any atom is -0.454 e. The number of rotatable bonds is 4. The Balaban J connectivity index is 1.81. The SMILES string of the molecule is Fc1ccc(Oc2c(F)cccc2CC2CCNCC2)cc1. The molecule has 2 aromatic rings. The Hall–Kier alpha value is -1.94. The van der Waals surface area contributed by atoms with Gasteiger partial charge in [0.25, 0.3) is 0 Å². The monoisotopic (exact) mass is 303 g/mol. The normalized spacial score (nSPS) is 15.7. The van der Waals surface area contributed by atoms with Crippen molar-refractivity contribution in [1.82, 2.24) is 5.32 Å². The van der Waals surface area contributed by atoms with Crippen LogP contribution in [-0.4, -0.2) is 13.1 Å². The molecule has 2 nitrogen and oxygen atoms in total. The third kappa shape index (κ3) is 3.63. The summed E-state index contributed by atoms with van der Waals surface area (Å²) in [5.74, 6) is 0.524. The van der Waals surface area contributed by atoms with Crippen molar-refractivity contribution in [2.75, 3.05) is 13.1 Å². The van der Waals surface area contributed by atoms with Crippen molar-refractivity contribution in [3.8, 4) is 11.5 Å². The molecule has 2 aromatic carbocycles. The number of hydrogen-bond donors (Lipinski definition) is 1. The van der Waals surface area contributed by atoms with Crippen LogP contribution in [0.3, 0.4) is 0 Å². The van der Waals surface area contributed by atoms with E-state index in [0.717, 1.165) is 37.9 Å². The molecule has 0 bridgehead atoms. The molecule has 1 saturated heterocycles. The van der Waals surface area contributed by atoms with Gasteiger partial charge in [-0.3, -0.25) is 0 Å². The van der Waals surface area contributed by atoms with E-state index in [0.29, 0.717) is 11.7 Å². The van der Waals surface area contributed by atoms with E-state index in [2.05, 4.69) is 5.32 Å². The largest absolute Gasteiger partial charge is 0.454 e. The van der Waals surface area contributed by atoms with Crippen LogP contribution in [0, 0.1) is 17.6 Å². The average molecular weight is 303 g/mol. The minimum atomic E-state index is -0.379. The number of benzene rings is 2. The third-order valence-corrected chi connectivity index (χ3v) is 4.05. The van der Waals surface area contributed by atoms with Crippen LogP contribution in [0.25, 0.3) is 0 Å². The lowest BCUT2D eigenvalue weighted by molar-refractivity contribution is 0.364. The first-order chi connectivity index (χ1) is 10.7.